The van der Waals surface area contributed by atoms with Gasteiger partial charge in [-0.2, -0.15) is 0 Å². The fourth-order valence-electron chi connectivity index (χ4n) is 2.93. The van der Waals surface area contributed by atoms with Crippen molar-refractivity contribution in [1.29, 1.82) is 0 Å². The van der Waals surface area contributed by atoms with E-state index >= 15 is 0 Å². The van der Waals surface area contributed by atoms with Crippen LogP contribution >= 0.6 is 0 Å². The average Bonchev–Trinajstić information content (AvgIpc) is 2.75. The van der Waals surface area contributed by atoms with Crippen LogP contribution in [-0.4, -0.2) is 18.8 Å². The molecule has 0 aromatic heterocycles. The van der Waals surface area contributed by atoms with E-state index in [1.165, 1.54) is 34.3 Å². The van der Waals surface area contributed by atoms with E-state index in [4.69, 9.17) is 4.74 Å². The molecule has 3 heteroatoms. The van der Waals surface area contributed by atoms with Crippen molar-refractivity contribution in [3.63, 3.8) is 0 Å². The quantitative estimate of drug-likeness (QED) is 0.387. The van der Waals surface area contributed by atoms with Gasteiger partial charge in [-0.05, 0) is 30.2 Å². The second-order valence-electron chi connectivity index (χ2n) is 6.54. The Labute approximate surface area is 170 Å². The first kappa shape index (κ1) is 20.0. The maximum atomic E-state index is 11.8. The molecule has 0 saturated carbocycles. The van der Waals surface area contributed by atoms with Crippen molar-refractivity contribution in [1.82, 2.24) is 0 Å². The number of hydrogen-bond donors (Lipinski definition) is 0. The molecule has 0 heterocycles. The molecule has 0 aliphatic heterocycles. The summed E-state index contributed by atoms with van der Waals surface area (Å²) in [6, 6.07) is 29.4. The predicted octanol–water partition coefficient (Wildman–Crippen LogP) is 5.62. The molecule has 3 rings (SSSR count). The van der Waals surface area contributed by atoms with Crippen LogP contribution in [0.5, 0.6) is 0 Å². The highest BCUT2D eigenvalue weighted by Gasteiger charge is 2.23. The fourth-order valence-corrected chi connectivity index (χ4v) is 4.85. The molecule has 0 fully saturated rings. The Hall–Kier alpha value is -2.78. The topological polar surface area (TPSA) is 26.3 Å². The summed E-state index contributed by atoms with van der Waals surface area (Å²) in [6.07, 6.45) is 0.404. The predicted molar refractivity (Wildman–Crippen MR) is 118 cm³/mol. The number of hydrogen-bond acceptors (Lipinski definition) is 2. The number of ether oxygens (including phenoxy) is 1. The highest BCUT2D eigenvalue weighted by atomic mass is 32.2. The average molecular weight is 390 g/mol. The molecule has 0 bridgehead atoms. The lowest BCUT2D eigenvalue weighted by atomic mass is 10.00. The van der Waals surface area contributed by atoms with Crippen LogP contribution in [0.4, 0.5) is 0 Å². The summed E-state index contributed by atoms with van der Waals surface area (Å²) in [5, 5.41) is 2.32. The van der Waals surface area contributed by atoms with Gasteiger partial charge >= 0.3 is 5.97 Å². The van der Waals surface area contributed by atoms with Crippen molar-refractivity contribution in [2.24, 2.45) is 0 Å². The summed E-state index contributed by atoms with van der Waals surface area (Å²) in [5.41, 5.74) is 4.78. The van der Waals surface area contributed by atoms with Crippen LogP contribution in [0.1, 0.15) is 23.1 Å². The molecule has 1 unspecified atom stereocenters. The van der Waals surface area contributed by atoms with Gasteiger partial charge in [0, 0.05) is 5.57 Å². The Balaban J connectivity index is 2.04. The molecule has 142 valence electrons. The van der Waals surface area contributed by atoms with Gasteiger partial charge in [0.15, 0.2) is 4.90 Å². The van der Waals surface area contributed by atoms with Crippen LogP contribution in [0.2, 0.25) is 0 Å². The van der Waals surface area contributed by atoms with Gasteiger partial charge < -0.3 is 4.74 Å². The van der Waals surface area contributed by atoms with Crippen LogP contribution in [0.15, 0.2) is 95.2 Å². The van der Waals surface area contributed by atoms with E-state index in [-0.39, 0.29) is 16.9 Å². The summed E-state index contributed by atoms with van der Waals surface area (Å²) in [6.45, 7) is 2.09. The van der Waals surface area contributed by atoms with Crippen LogP contribution < -0.4 is 0 Å². The van der Waals surface area contributed by atoms with E-state index in [2.05, 4.69) is 85.1 Å². The molecular formula is C25H25O2S+. The highest BCUT2D eigenvalue weighted by molar-refractivity contribution is 7.99. The van der Waals surface area contributed by atoms with Gasteiger partial charge in [-0.3, -0.25) is 4.79 Å². The van der Waals surface area contributed by atoms with Crippen molar-refractivity contribution in [2.75, 3.05) is 12.9 Å². The fraction of sp³-hybridized carbons (Fsp3) is 0.160. The van der Waals surface area contributed by atoms with E-state index < -0.39 is 0 Å². The molecule has 28 heavy (non-hydrogen) atoms. The first-order chi connectivity index (χ1) is 13.7. The summed E-state index contributed by atoms with van der Waals surface area (Å²) in [4.78, 5) is 13.0. The minimum atomic E-state index is -0.212. The van der Waals surface area contributed by atoms with Crippen molar-refractivity contribution in [3.05, 3.63) is 107 Å². The third kappa shape index (κ3) is 5.37. The standard InChI is InChI=1S/C25H25O2S/c1-20-13-15-23(16-14-20)28(18-17-25(26)27-2)19-24(21-9-5-3-6-10-21)22-11-7-4-8-12-22/h3-16,19H,17-18H2,1-2H3/q+1. The summed E-state index contributed by atoms with van der Waals surface area (Å²) >= 11 is 0. The van der Waals surface area contributed by atoms with E-state index in [0.29, 0.717) is 6.42 Å². The third-order valence-electron chi connectivity index (χ3n) is 4.51. The molecular weight excluding hydrogens is 364 g/mol. The number of aryl methyl sites for hydroxylation is 1. The van der Waals surface area contributed by atoms with Gasteiger partial charge in [0.1, 0.15) is 11.2 Å². The van der Waals surface area contributed by atoms with Gasteiger partial charge in [0.25, 0.3) is 0 Å². The normalized spacial score (nSPS) is 11.5. The zero-order valence-corrected chi connectivity index (χ0v) is 17.1. The Kier molecular flexibility index (Phi) is 7.10. The summed E-state index contributed by atoms with van der Waals surface area (Å²) in [7, 11) is 1.23. The Bertz CT molecular complexity index is 874. The number of esters is 1. The maximum Gasteiger partial charge on any atom is 0.310 e. The molecule has 0 spiro atoms. The van der Waals surface area contributed by atoms with Gasteiger partial charge in [0.05, 0.1) is 24.4 Å². The van der Waals surface area contributed by atoms with Crippen LogP contribution in [0.25, 0.3) is 5.57 Å². The smallest absolute Gasteiger partial charge is 0.310 e. The lowest BCUT2D eigenvalue weighted by molar-refractivity contribution is -0.140. The Morgan fingerprint density at radius 3 is 1.89 bits per heavy atom. The minimum absolute atomic E-state index is 0.168. The molecule has 0 radical (unpaired) electrons. The van der Waals surface area contributed by atoms with E-state index in [1.807, 2.05) is 12.1 Å². The molecule has 1 atom stereocenters. The highest BCUT2D eigenvalue weighted by Crippen LogP contribution is 2.28. The van der Waals surface area contributed by atoms with E-state index in [0.717, 1.165) is 5.75 Å². The second-order valence-corrected chi connectivity index (χ2v) is 8.51. The van der Waals surface area contributed by atoms with Gasteiger partial charge in [-0.1, -0.05) is 78.4 Å². The second kappa shape index (κ2) is 9.95. The number of carbonyl (C=O) groups is 1. The van der Waals surface area contributed by atoms with Gasteiger partial charge in [0.2, 0.25) is 0 Å². The first-order valence-corrected chi connectivity index (χ1v) is 10.8. The van der Waals surface area contributed by atoms with Crippen molar-refractivity contribution in [2.45, 2.75) is 18.2 Å². The largest absolute Gasteiger partial charge is 0.469 e. The zero-order valence-electron chi connectivity index (χ0n) is 16.3. The SMILES string of the molecule is COC(=O)CC[S+](C=C(c1ccccc1)c1ccccc1)c1ccc(C)cc1. The number of benzene rings is 3. The van der Waals surface area contributed by atoms with Crippen LogP contribution in [-0.2, 0) is 20.4 Å². The van der Waals surface area contributed by atoms with Crippen LogP contribution in [0, 0.1) is 6.92 Å². The van der Waals surface area contributed by atoms with Gasteiger partial charge in [-0.25, -0.2) is 0 Å². The monoisotopic (exact) mass is 389 g/mol. The Morgan fingerprint density at radius 2 is 1.39 bits per heavy atom. The number of methoxy groups -OCH3 is 1. The molecule has 0 N–H and O–H groups in total. The lowest BCUT2D eigenvalue weighted by Gasteiger charge is -2.10. The molecule has 0 saturated heterocycles. The summed E-state index contributed by atoms with van der Waals surface area (Å²) in [5.74, 6) is 0.567. The van der Waals surface area contributed by atoms with E-state index in [9.17, 15) is 4.79 Å². The Morgan fingerprint density at radius 1 is 0.857 bits per heavy atom. The molecule has 2 nitrogen and oxygen atoms in total. The van der Waals surface area contributed by atoms with Crippen molar-refractivity contribution >= 4 is 22.4 Å². The molecule has 0 aliphatic rings. The van der Waals surface area contributed by atoms with Gasteiger partial charge in [-0.15, -0.1) is 0 Å². The first-order valence-electron chi connectivity index (χ1n) is 9.33. The van der Waals surface area contributed by atoms with E-state index in [1.54, 1.807) is 0 Å². The molecule has 0 amide bonds. The molecule has 3 aromatic carbocycles. The molecule has 3 aromatic rings. The minimum Gasteiger partial charge on any atom is -0.469 e. The van der Waals surface area contributed by atoms with Crippen molar-refractivity contribution < 1.29 is 9.53 Å². The van der Waals surface area contributed by atoms with Crippen molar-refractivity contribution in [3.8, 4) is 0 Å². The molecule has 0 aliphatic carbocycles. The lowest BCUT2D eigenvalue weighted by Crippen LogP contribution is -2.12. The zero-order chi connectivity index (χ0) is 19.8. The summed E-state index contributed by atoms with van der Waals surface area (Å²) < 4.78 is 4.87. The van der Waals surface area contributed by atoms with Crippen LogP contribution in [0.3, 0.4) is 0 Å². The number of rotatable bonds is 7. The maximum absolute atomic E-state index is 11.8. The third-order valence-corrected chi connectivity index (χ3v) is 6.55. The number of carbonyl (C=O) groups excluding carboxylic acids is 1.